The van der Waals surface area contributed by atoms with E-state index in [0.717, 1.165) is 11.4 Å². The molecule has 3 aromatic rings. The number of carbonyl (C=O) groups excluding carboxylic acids is 1. The van der Waals surface area contributed by atoms with Crippen LogP contribution in [0.5, 0.6) is 17.2 Å². The van der Waals surface area contributed by atoms with Crippen LogP contribution < -0.4 is 24.8 Å². The Morgan fingerprint density at radius 2 is 1.79 bits per heavy atom. The van der Waals surface area contributed by atoms with E-state index in [1.54, 1.807) is 24.3 Å². The van der Waals surface area contributed by atoms with E-state index >= 15 is 0 Å². The highest BCUT2D eigenvalue weighted by atomic mass is 16.7. The predicted octanol–water partition coefficient (Wildman–Crippen LogP) is 3.91. The van der Waals surface area contributed by atoms with Crippen LogP contribution in [-0.4, -0.2) is 29.3 Å². The molecule has 0 saturated heterocycles. The Kier molecular flexibility index (Phi) is 5.15. The number of hydrogen-bond donors (Lipinski definition) is 2. The van der Waals surface area contributed by atoms with Crippen molar-refractivity contribution in [3.05, 3.63) is 59.9 Å². The van der Waals surface area contributed by atoms with Crippen LogP contribution in [-0.2, 0) is 0 Å². The largest absolute Gasteiger partial charge is 0.494 e. The molecular formula is C21H20N4O4. The molecule has 8 nitrogen and oxygen atoms in total. The number of fused-ring (bicyclic) bond motifs is 1. The van der Waals surface area contributed by atoms with Gasteiger partial charge < -0.3 is 24.8 Å². The summed E-state index contributed by atoms with van der Waals surface area (Å²) in [6, 6.07) is 14.3. The minimum absolute atomic E-state index is 0.179. The number of aromatic nitrogens is 2. The van der Waals surface area contributed by atoms with Crippen LogP contribution in [0.3, 0.4) is 0 Å². The fourth-order valence-electron chi connectivity index (χ4n) is 2.84. The van der Waals surface area contributed by atoms with Crippen LogP contribution in [0.25, 0.3) is 0 Å². The fraction of sp³-hybridized carbons (Fsp3) is 0.190. The third-order valence-electron chi connectivity index (χ3n) is 4.14. The maximum absolute atomic E-state index is 12.7. The van der Waals surface area contributed by atoms with Gasteiger partial charge in [-0.25, -0.2) is 9.97 Å². The highest BCUT2D eigenvalue weighted by molar-refractivity contribution is 6.03. The molecule has 29 heavy (non-hydrogen) atoms. The number of nitrogens with one attached hydrogen (secondary N) is 2. The minimum atomic E-state index is -0.343. The number of anilines is 3. The lowest BCUT2D eigenvalue weighted by Crippen LogP contribution is -2.15. The van der Waals surface area contributed by atoms with Crippen molar-refractivity contribution in [2.75, 3.05) is 24.0 Å². The average Bonchev–Trinajstić information content (AvgIpc) is 3.17. The number of carbonyl (C=O) groups is 1. The molecule has 2 aromatic carbocycles. The maximum atomic E-state index is 12.7. The first-order valence-electron chi connectivity index (χ1n) is 9.17. The molecule has 1 amide bonds. The summed E-state index contributed by atoms with van der Waals surface area (Å²) in [6.45, 7) is 4.53. The van der Waals surface area contributed by atoms with Gasteiger partial charge in [0.05, 0.1) is 6.61 Å². The lowest BCUT2D eigenvalue weighted by Gasteiger charge is -2.10. The number of nitrogens with zero attached hydrogens (tertiary/aromatic N) is 2. The summed E-state index contributed by atoms with van der Waals surface area (Å²) >= 11 is 0. The van der Waals surface area contributed by atoms with Gasteiger partial charge in [-0.05, 0) is 56.3 Å². The highest BCUT2D eigenvalue weighted by Crippen LogP contribution is 2.34. The van der Waals surface area contributed by atoms with Gasteiger partial charge >= 0.3 is 0 Å². The van der Waals surface area contributed by atoms with Crippen LogP contribution in [0.1, 0.15) is 23.1 Å². The SMILES string of the molecule is CCOc1ccc(Nc2nc(C)cc(C(=O)Nc3ccc4c(c3)OCO4)n2)cc1. The second kappa shape index (κ2) is 8.05. The molecule has 0 spiro atoms. The number of hydrogen-bond acceptors (Lipinski definition) is 7. The number of amides is 1. The maximum Gasteiger partial charge on any atom is 0.274 e. The van der Waals surface area contributed by atoms with Gasteiger partial charge in [-0.2, -0.15) is 0 Å². The Balaban J connectivity index is 1.49. The van der Waals surface area contributed by atoms with Crippen LogP contribution in [0.2, 0.25) is 0 Å². The van der Waals surface area contributed by atoms with E-state index in [2.05, 4.69) is 20.6 Å². The van der Waals surface area contributed by atoms with E-state index in [1.165, 1.54) is 0 Å². The van der Waals surface area contributed by atoms with Crippen LogP contribution in [0.4, 0.5) is 17.3 Å². The highest BCUT2D eigenvalue weighted by Gasteiger charge is 2.16. The summed E-state index contributed by atoms with van der Waals surface area (Å²) in [4.78, 5) is 21.4. The van der Waals surface area contributed by atoms with Crippen molar-refractivity contribution < 1.29 is 19.0 Å². The van der Waals surface area contributed by atoms with E-state index in [4.69, 9.17) is 14.2 Å². The normalized spacial score (nSPS) is 11.8. The van der Waals surface area contributed by atoms with Crippen molar-refractivity contribution in [1.29, 1.82) is 0 Å². The Morgan fingerprint density at radius 1 is 1.03 bits per heavy atom. The summed E-state index contributed by atoms with van der Waals surface area (Å²) < 4.78 is 16.1. The molecule has 8 heteroatoms. The van der Waals surface area contributed by atoms with Crippen molar-refractivity contribution in [1.82, 2.24) is 9.97 Å². The molecule has 0 atom stereocenters. The smallest absolute Gasteiger partial charge is 0.274 e. The Labute approximate surface area is 167 Å². The molecule has 0 saturated carbocycles. The fourth-order valence-corrected chi connectivity index (χ4v) is 2.84. The van der Waals surface area contributed by atoms with Crippen molar-refractivity contribution in [3.8, 4) is 17.2 Å². The molecule has 0 radical (unpaired) electrons. The zero-order chi connectivity index (χ0) is 20.2. The number of rotatable bonds is 6. The number of benzene rings is 2. The van der Waals surface area contributed by atoms with E-state index in [-0.39, 0.29) is 18.4 Å². The van der Waals surface area contributed by atoms with Crippen molar-refractivity contribution in [2.24, 2.45) is 0 Å². The molecule has 2 N–H and O–H groups in total. The lowest BCUT2D eigenvalue weighted by atomic mass is 10.2. The molecule has 0 bridgehead atoms. The molecule has 4 rings (SSSR count). The van der Waals surface area contributed by atoms with E-state index in [0.29, 0.717) is 35.4 Å². The average molecular weight is 392 g/mol. The third kappa shape index (κ3) is 4.37. The van der Waals surface area contributed by atoms with Gasteiger partial charge in [-0.1, -0.05) is 0 Å². The van der Waals surface area contributed by atoms with Gasteiger partial charge in [0.25, 0.3) is 5.91 Å². The first-order chi connectivity index (χ1) is 14.1. The lowest BCUT2D eigenvalue weighted by molar-refractivity contribution is 0.102. The van der Waals surface area contributed by atoms with Gasteiger partial charge in [0.1, 0.15) is 11.4 Å². The molecule has 0 unspecified atom stereocenters. The molecule has 0 aliphatic carbocycles. The first kappa shape index (κ1) is 18.5. The summed E-state index contributed by atoms with van der Waals surface area (Å²) in [7, 11) is 0. The van der Waals surface area contributed by atoms with Gasteiger partial charge in [0, 0.05) is 23.1 Å². The quantitative estimate of drug-likeness (QED) is 0.657. The number of aryl methyl sites for hydroxylation is 1. The Hall–Kier alpha value is -3.81. The predicted molar refractivity (Wildman–Crippen MR) is 108 cm³/mol. The summed E-state index contributed by atoms with van der Waals surface area (Å²) in [6.07, 6.45) is 0. The monoisotopic (exact) mass is 392 g/mol. The van der Waals surface area contributed by atoms with Gasteiger partial charge in [0.15, 0.2) is 11.5 Å². The van der Waals surface area contributed by atoms with Crippen LogP contribution >= 0.6 is 0 Å². The molecule has 1 aliphatic heterocycles. The van der Waals surface area contributed by atoms with Gasteiger partial charge in [-0.3, -0.25) is 4.79 Å². The van der Waals surface area contributed by atoms with E-state index in [1.807, 2.05) is 38.1 Å². The van der Waals surface area contributed by atoms with Crippen LogP contribution in [0, 0.1) is 6.92 Å². The van der Waals surface area contributed by atoms with Crippen LogP contribution in [0.15, 0.2) is 48.5 Å². The van der Waals surface area contributed by atoms with E-state index < -0.39 is 0 Å². The summed E-state index contributed by atoms with van der Waals surface area (Å²) in [5.41, 5.74) is 2.31. The zero-order valence-corrected chi connectivity index (χ0v) is 16.1. The van der Waals surface area contributed by atoms with E-state index in [9.17, 15) is 4.79 Å². The second-order valence-corrected chi connectivity index (χ2v) is 6.32. The Morgan fingerprint density at radius 3 is 2.59 bits per heavy atom. The first-order valence-corrected chi connectivity index (χ1v) is 9.17. The molecule has 2 heterocycles. The molecule has 1 aliphatic rings. The van der Waals surface area contributed by atoms with Crippen molar-refractivity contribution in [2.45, 2.75) is 13.8 Å². The second-order valence-electron chi connectivity index (χ2n) is 6.32. The number of ether oxygens (including phenoxy) is 3. The summed E-state index contributed by atoms with van der Waals surface area (Å²) in [5.74, 6) is 2.03. The molecular weight excluding hydrogens is 372 g/mol. The zero-order valence-electron chi connectivity index (χ0n) is 16.1. The van der Waals surface area contributed by atoms with Gasteiger partial charge in [-0.15, -0.1) is 0 Å². The van der Waals surface area contributed by atoms with Crippen molar-refractivity contribution in [3.63, 3.8) is 0 Å². The molecule has 1 aromatic heterocycles. The standard InChI is InChI=1S/C21H20N4O4/c1-3-27-16-7-4-14(5-8-16)24-21-22-13(2)10-17(25-21)20(26)23-15-6-9-18-19(11-15)29-12-28-18/h4-11H,3,12H2,1-2H3,(H,23,26)(H,22,24,25). The topological polar surface area (TPSA) is 94.6 Å². The third-order valence-corrected chi connectivity index (χ3v) is 4.14. The van der Waals surface area contributed by atoms with Crippen molar-refractivity contribution >= 4 is 23.2 Å². The molecule has 148 valence electrons. The van der Waals surface area contributed by atoms with Gasteiger partial charge in [0.2, 0.25) is 12.7 Å². The Bertz CT molecular complexity index is 1040. The molecule has 0 fully saturated rings. The minimum Gasteiger partial charge on any atom is -0.494 e. The summed E-state index contributed by atoms with van der Waals surface area (Å²) in [5, 5.41) is 5.93.